The van der Waals surface area contributed by atoms with E-state index in [1.807, 2.05) is 25.1 Å². The van der Waals surface area contributed by atoms with Gasteiger partial charge >= 0.3 is 12.0 Å². The van der Waals surface area contributed by atoms with Gasteiger partial charge in [-0.3, -0.25) is 0 Å². The SMILES string of the molecule is COc1nc(OC)nc(N2CC(n3c(C)nc4ccccc43)C2)n1. The molecule has 4 rings (SSSR count). The molecule has 1 saturated heterocycles. The Morgan fingerprint density at radius 1 is 0.958 bits per heavy atom. The molecule has 0 unspecified atom stereocenters. The number of ether oxygens (including phenoxy) is 2. The number of aryl methyl sites for hydroxylation is 1. The Bertz CT molecular complexity index is 865. The fourth-order valence-corrected chi connectivity index (χ4v) is 3.06. The number of methoxy groups -OCH3 is 2. The zero-order chi connectivity index (χ0) is 16.7. The summed E-state index contributed by atoms with van der Waals surface area (Å²) in [5.41, 5.74) is 2.18. The molecule has 0 spiro atoms. The smallest absolute Gasteiger partial charge is 0.324 e. The van der Waals surface area contributed by atoms with Gasteiger partial charge in [-0.15, -0.1) is 4.98 Å². The van der Waals surface area contributed by atoms with Crippen LogP contribution in [0.4, 0.5) is 5.95 Å². The third kappa shape index (κ3) is 2.31. The standard InChI is InChI=1S/C16H18N6O2/c1-10-17-12-6-4-5-7-13(12)22(10)11-8-21(9-11)14-18-15(23-2)20-16(19-14)24-3/h4-7,11H,8-9H2,1-3H3. The van der Waals surface area contributed by atoms with Gasteiger partial charge in [0.15, 0.2) is 0 Å². The van der Waals surface area contributed by atoms with E-state index in [0.29, 0.717) is 12.0 Å². The Balaban J connectivity index is 1.59. The lowest BCUT2D eigenvalue weighted by Crippen LogP contribution is -2.48. The molecule has 2 aromatic heterocycles. The molecule has 1 fully saturated rings. The Kier molecular flexibility index (Phi) is 3.44. The van der Waals surface area contributed by atoms with Crippen LogP contribution in [0.2, 0.25) is 0 Å². The Morgan fingerprint density at radius 2 is 1.62 bits per heavy atom. The van der Waals surface area contributed by atoms with Crippen LogP contribution < -0.4 is 14.4 Å². The van der Waals surface area contributed by atoms with Crippen LogP contribution in [0.5, 0.6) is 12.0 Å². The van der Waals surface area contributed by atoms with E-state index in [2.05, 4.69) is 35.5 Å². The molecule has 8 nitrogen and oxygen atoms in total. The van der Waals surface area contributed by atoms with Crippen molar-refractivity contribution in [3.63, 3.8) is 0 Å². The van der Waals surface area contributed by atoms with Crippen molar-refractivity contribution in [1.29, 1.82) is 0 Å². The highest BCUT2D eigenvalue weighted by Gasteiger charge is 2.32. The van der Waals surface area contributed by atoms with E-state index in [9.17, 15) is 0 Å². The maximum Gasteiger partial charge on any atom is 0.324 e. The highest BCUT2D eigenvalue weighted by atomic mass is 16.5. The summed E-state index contributed by atoms with van der Waals surface area (Å²) in [5.74, 6) is 1.59. The highest BCUT2D eigenvalue weighted by Crippen LogP contribution is 2.30. The number of para-hydroxylation sites is 2. The number of anilines is 1. The van der Waals surface area contributed by atoms with Gasteiger partial charge in [0.2, 0.25) is 5.95 Å². The quantitative estimate of drug-likeness (QED) is 0.720. The maximum absolute atomic E-state index is 5.11. The van der Waals surface area contributed by atoms with E-state index in [0.717, 1.165) is 29.9 Å². The minimum Gasteiger partial charge on any atom is -0.467 e. The zero-order valence-electron chi connectivity index (χ0n) is 13.8. The largest absolute Gasteiger partial charge is 0.467 e. The van der Waals surface area contributed by atoms with Crippen molar-refractivity contribution < 1.29 is 9.47 Å². The van der Waals surface area contributed by atoms with E-state index in [4.69, 9.17) is 9.47 Å². The summed E-state index contributed by atoms with van der Waals surface area (Å²) >= 11 is 0. The van der Waals surface area contributed by atoms with Gasteiger partial charge in [-0.1, -0.05) is 12.1 Å². The van der Waals surface area contributed by atoms with Gasteiger partial charge in [-0.05, 0) is 19.1 Å². The van der Waals surface area contributed by atoms with E-state index in [1.54, 1.807) is 0 Å². The van der Waals surface area contributed by atoms with Crippen molar-refractivity contribution in [3.8, 4) is 12.0 Å². The number of benzene rings is 1. The van der Waals surface area contributed by atoms with Crippen LogP contribution >= 0.6 is 0 Å². The van der Waals surface area contributed by atoms with E-state index in [-0.39, 0.29) is 12.0 Å². The fourth-order valence-electron chi connectivity index (χ4n) is 3.06. The number of nitrogens with zero attached hydrogens (tertiary/aromatic N) is 6. The van der Waals surface area contributed by atoms with Gasteiger partial charge in [0.25, 0.3) is 0 Å². The highest BCUT2D eigenvalue weighted by molar-refractivity contribution is 5.76. The normalized spacial score (nSPS) is 14.7. The van der Waals surface area contributed by atoms with E-state index in [1.165, 1.54) is 14.2 Å². The first-order chi connectivity index (χ1) is 11.7. The number of imidazole rings is 1. The van der Waals surface area contributed by atoms with Crippen LogP contribution in [0.1, 0.15) is 11.9 Å². The van der Waals surface area contributed by atoms with Crippen LogP contribution in [-0.4, -0.2) is 51.8 Å². The second-order valence-electron chi connectivity index (χ2n) is 5.69. The van der Waals surface area contributed by atoms with Crippen LogP contribution in [-0.2, 0) is 0 Å². The zero-order valence-corrected chi connectivity index (χ0v) is 13.8. The number of hydrogen-bond acceptors (Lipinski definition) is 7. The summed E-state index contributed by atoms with van der Waals surface area (Å²) in [5, 5.41) is 0. The molecular weight excluding hydrogens is 308 g/mol. The Labute approximate surface area is 139 Å². The minimum absolute atomic E-state index is 0.254. The molecular formula is C16H18N6O2. The molecule has 1 aliphatic rings. The molecule has 1 aromatic carbocycles. The van der Waals surface area contributed by atoms with Gasteiger partial charge in [0, 0.05) is 13.1 Å². The first kappa shape index (κ1) is 14.7. The van der Waals surface area contributed by atoms with Gasteiger partial charge in [-0.2, -0.15) is 9.97 Å². The number of hydrogen-bond donors (Lipinski definition) is 0. The average molecular weight is 326 g/mol. The summed E-state index contributed by atoms with van der Waals surface area (Å²) < 4.78 is 12.5. The molecule has 24 heavy (non-hydrogen) atoms. The second kappa shape index (κ2) is 5.63. The van der Waals surface area contributed by atoms with Crippen LogP contribution in [0.25, 0.3) is 11.0 Å². The predicted molar refractivity (Wildman–Crippen MR) is 88.7 cm³/mol. The van der Waals surface area contributed by atoms with Gasteiger partial charge < -0.3 is 18.9 Å². The molecule has 0 radical (unpaired) electrons. The first-order valence-electron chi connectivity index (χ1n) is 7.72. The lowest BCUT2D eigenvalue weighted by molar-refractivity contribution is 0.333. The molecule has 0 amide bonds. The molecule has 124 valence electrons. The van der Waals surface area contributed by atoms with E-state index < -0.39 is 0 Å². The number of fused-ring (bicyclic) bond motifs is 1. The molecule has 0 N–H and O–H groups in total. The lowest BCUT2D eigenvalue weighted by atomic mass is 10.1. The molecule has 0 bridgehead atoms. The van der Waals surface area contributed by atoms with Crippen molar-refractivity contribution in [1.82, 2.24) is 24.5 Å². The molecule has 1 aliphatic heterocycles. The number of rotatable bonds is 4. The van der Waals surface area contributed by atoms with Crippen molar-refractivity contribution in [2.45, 2.75) is 13.0 Å². The second-order valence-corrected chi connectivity index (χ2v) is 5.69. The van der Waals surface area contributed by atoms with Crippen molar-refractivity contribution in [2.24, 2.45) is 0 Å². The molecule has 0 aliphatic carbocycles. The Hall–Kier alpha value is -2.90. The van der Waals surface area contributed by atoms with Crippen molar-refractivity contribution in [2.75, 3.05) is 32.2 Å². The first-order valence-corrected chi connectivity index (χ1v) is 7.72. The Morgan fingerprint density at radius 3 is 2.29 bits per heavy atom. The van der Waals surface area contributed by atoms with Crippen LogP contribution in [0, 0.1) is 6.92 Å². The maximum atomic E-state index is 5.11. The topological polar surface area (TPSA) is 78.2 Å². The fraction of sp³-hybridized carbons (Fsp3) is 0.375. The molecule has 3 heterocycles. The van der Waals surface area contributed by atoms with Crippen LogP contribution in [0.3, 0.4) is 0 Å². The van der Waals surface area contributed by atoms with E-state index >= 15 is 0 Å². The molecule has 0 atom stereocenters. The van der Waals surface area contributed by atoms with Crippen molar-refractivity contribution in [3.05, 3.63) is 30.1 Å². The van der Waals surface area contributed by atoms with Gasteiger partial charge in [0.05, 0.1) is 31.3 Å². The lowest BCUT2D eigenvalue weighted by Gasteiger charge is -2.40. The monoisotopic (exact) mass is 326 g/mol. The summed E-state index contributed by atoms with van der Waals surface area (Å²) in [7, 11) is 3.05. The third-order valence-corrected chi connectivity index (χ3v) is 4.23. The average Bonchev–Trinajstić information content (AvgIpc) is 2.89. The summed E-state index contributed by atoms with van der Waals surface area (Å²) in [6.07, 6.45) is 0. The minimum atomic E-state index is 0.254. The summed E-state index contributed by atoms with van der Waals surface area (Å²) in [6.45, 7) is 3.65. The summed E-state index contributed by atoms with van der Waals surface area (Å²) in [4.78, 5) is 19.3. The molecule has 0 saturated carbocycles. The van der Waals surface area contributed by atoms with Gasteiger partial charge in [-0.25, -0.2) is 4.98 Å². The van der Waals surface area contributed by atoms with Gasteiger partial charge in [0.1, 0.15) is 5.82 Å². The third-order valence-electron chi connectivity index (χ3n) is 4.23. The van der Waals surface area contributed by atoms with Crippen LogP contribution in [0.15, 0.2) is 24.3 Å². The summed E-state index contributed by atoms with van der Waals surface area (Å²) in [6, 6.07) is 9.04. The molecule has 8 heteroatoms. The predicted octanol–water partition coefficient (Wildman–Crippen LogP) is 1.61. The number of aromatic nitrogens is 5. The molecule has 3 aromatic rings. The van der Waals surface area contributed by atoms with Crippen molar-refractivity contribution >= 4 is 17.0 Å².